The van der Waals surface area contributed by atoms with Gasteiger partial charge in [0.2, 0.25) is 0 Å². The molecule has 0 saturated carbocycles. The molecule has 1 aliphatic heterocycles. The van der Waals surface area contributed by atoms with Crippen LogP contribution in [0.15, 0.2) is 34.9 Å². The van der Waals surface area contributed by atoms with Gasteiger partial charge in [-0.1, -0.05) is 17.3 Å². The van der Waals surface area contributed by atoms with Crippen molar-refractivity contribution in [2.75, 3.05) is 19.3 Å². The summed E-state index contributed by atoms with van der Waals surface area (Å²) in [6.07, 6.45) is 2.14. The maximum absolute atomic E-state index is 5.81. The Hall–Kier alpha value is -2.08. The molecule has 0 aliphatic carbocycles. The second-order valence-corrected chi connectivity index (χ2v) is 5.53. The fourth-order valence-electron chi connectivity index (χ4n) is 2.73. The SMILES string of the molecule is CNC(=S)N1CCC[C@@H]1c1cc(-c2cccc(N)c2)on1. The number of aromatic nitrogens is 1. The molecule has 2 heterocycles. The van der Waals surface area contributed by atoms with E-state index in [2.05, 4.69) is 15.4 Å². The lowest BCUT2D eigenvalue weighted by atomic mass is 10.1. The van der Waals surface area contributed by atoms with E-state index in [1.165, 1.54) is 0 Å². The molecule has 110 valence electrons. The van der Waals surface area contributed by atoms with Crippen molar-refractivity contribution >= 4 is 23.0 Å². The number of hydrogen-bond acceptors (Lipinski definition) is 4. The molecule has 0 amide bonds. The van der Waals surface area contributed by atoms with E-state index in [4.69, 9.17) is 22.5 Å². The molecule has 5 nitrogen and oxygen atoms in total. The molecule has 0 spiro atoms. The monoisotopic (exact) mass is 302 g/mol. The number of likely N-dealkylation sites (tertiary alicyclic amines) is 1. The average Bonchev–Trinajstić information content (AvgIpc) is 3.15. The molecule has 3 N–H and O–H groups in total. The van der Waals surface area contributed by atoms with Crippen LogP contribution in [0.5, 0.6) is 0 Å². The van der Waals surface area contributed by atoms with Crippen molar-refractivity contribution in [2.24, 2.45) is 0 Å². The lowest BCUT2D eigenvalue weighted by molar-refractivity contribution is 0.356. The minimum absolute atomic E-state index is 0.184. The number of nitrogens with two attached hydrogens (primary N) is 1. The molecule has 2 aromatic rings. The highest BCUT2D eigenvalue weighted by Crippen LogP contribution is 2.33. The number of hydrogen-bond donors (Lipinski definition) is 2. The summed E-state index contributed by atoms with van der Waals surface area (Å²) in [6.45, 7) is 0.949. The van der Waals surface area contributed by atoms with E-state index in [1.54, 1.807) is 0 Å². The van der Waals surface area contributed by atoms with Crippen LogP contribution in [0.4, 0.5) is 5.69 Å². The summed E-state index contributed by atoms with van der Waals surface area (Å²) in [7, 11) is 1.85. The molecule has 3 rings (SSSR count). The van der Waals surface area contributed by atoms with Gasteiger partial charge in [0.05, 0.1) is 6.04 Å². The predicted molar refractivity (Wildman–Crippen MR) is 86.7 cm³/mol. The van der Waals surface area contributed by atoms with Gasteiger partial charge in [0.25, 0.3) is 0 Å². The van der Waals surface area contributed by atoms with Crippen molar-refractivity contribution in [3.05, 3.63) is 36.0 Å². The lowest BCUT2D eigenvalue weighted by Crippen LogP contribution is -2.37. The highest BCUT2D eigenvalue weighted by Gasteiger charge is 2.30. The first-order valence-electron chi connectivity index (χ1n) is 7.00. The molecule has 21 heavy (non-hydrogen) atoms. The van der Waals surface area contributed by atoms with Crippen molar-refractivity contribution in [1.82, 2.24) is 15.4 Å². The summed E-state index contributed by atoms with van der Waals surface area (Å²) in [5, 5.41) is 8.02. The van der Waals surface area contributed by atoms with Crippen molar-refractivity contribution < 1.29 is 4.52 Å². The van der Waals surface area contributed by atoms with Gasteiger partial charge in [-0.3, -0.25) is 0 Å². The number of anilines is 1. The van der Waals surface area contributed by atoms with Crippen LogP contribution in [0.1, 0.15) is 24.6 Å². The summed E-state index contributed by atoms with van der Waals surface area (Å²) in [6, 6.07) is 9.77. The zero-order chi connectivity index (χ0) is 14.8. The molecule has 0 radical (unpaired) electrons. The molecule has 1 aliphatic rings. The molecule has 6 heteroatoms. The van der Waals surface area contributed by atoms with Crippen LogP contribution in [0, 0.1) is 0 Å². The highest BCUT2D eigenvalue weighted by molar-refractivity contribution is 7.80. The zero-order valence-corrected chi connectivity index (χ0v) is 12.7. The van der Waals surface area contributed by atoms with Crippen LogP contribution < -0.4 is 11.1 Å². The Bertz CT molecular complexity index is 655. The van der Waals surface area contributed by atoms with Gasteiger partial charge in [-0.25, -0.2) is 0 Å². The number of nitrogens with one attached hydrogen (secondary N) is 1. The van der Waals surface area contributed by atoms with E-state index in [1.807, 2.05) is 37.4 Å². The fourth-order valence-corrected chi connectivity index (χ4v) is 2.95. The molecule has 1 aromatic carbocycles. The molecule has 1 saturated heterocycles. The third kappa shape index (κ3) is 2.71. The average molecular weight is 302 g/mol. The molecule has 0 bridgehead atoms. The van der Waals surface area contributed by atoms with E-state index in [9.17, 15) is 0 Å². The standard InChI is InChI=1S/C15H18N4OS/c1-17-15(21)19-7-3-6-13(19)12-9-14(20-18-12)10-4-2-5-11(16)8-10/h2,4-5,8-9,13H,3,6-7,16H2,1H3,(H,17,21)/t13-/m1/s1. The van der Waals surface area contributed by atoms with Gasteiger partial charge in [-0.15, -0.1) is 0 Å². The molecule has 1 fully saturated rings. The summed E-state index contributed by atoms with van der Waals surface area (Å²) >= 11 is 5.35. The van der Waals surface area contributed by atoms with Gasteiger partial charge >= 0.3 is 0 Å². The maximum Gasteiger partial charge on any atom is 0.169 e. The van der Waals surface area contributed by atoms with Crippen LogP contribution in [0.25, 0.3) is 11.3 Å². The Balaban J connectivity index is 1.86. The van der Waals surface area contributed by atoms with Crippen LogP contribution in [-0.4, -0.2) is 28.8 Å². The van der Waals surface area contributed by atoms with E-state index in [0.717, 1.165) is 41.5 Å². The Labute approximate surface area is 129 Å². The van der Waals surface area contributed by atoms with Gasteiger partial charge in [0.15, 0.2) is 10.9 Å². The molecule has 1 aromatic heterocycles. The van der Waals surface area contributed by atoms with Crippen LogP contribution in [0.3, 0.4) is 0 Å². The minimum atomic E-state index is 0.184. The Kier molecular flexibility index (Phi) is 3.79. The maximum atomic E-state index is 5.81. The van der Waals surface area contributed by atoms with Crippen molar-refractivity contribution in [2.45, 2.75) is 18.9 Å². The lowest BCUT2D eigenvalue weighted by Gasteiger charge is -2.24. The van der Waals surface area contributed by atoms with Gasteiger partial charge < -0.3 is 20.5 Å². The molecule has 1 atom stereocenters. The normalized spacial score (nSPS) is 18.0. The summed E-state index contributed by atoms with van der Waals surface area (Å²) in [5.74, 6) is 0.736. The highest BCUT2D eigenvalue weighted by atomic mass is 32.1. The van der Waals surface area contributed by atoms with E-state index in [-0.39, 0.29) is 6.04 Å². The molecular formula is C15H18N4OS. The zero-order valence-electron chi connectivity index (χ0n) is 11.9. The topological polar surface area (TPSA) is 67.3 Å². The van der Waals surface area contributed by atoms with Gasteiger partial charge in [0, 0.05) is 30.9 Å². The third-order valence-corrected chi connectivity index (χ3v) is 4.21. The summed E-state index contributed by atoms with van der Waals surface area (Å²) < 4.78 is 5.48. The number of nitrogens with zero attached hydrogens (tertiary/aromatic N) is 2. The van der Waals surface area contributed by atoms with Crippen molar-refractivity contribution in [1.29, 1.82) is 0 Å². The first-order chi connectivity index (χ1) is 10.2. The van der Waals surface area contributed by atoms with Gasteiger partial charge in [0.1, 0.15) is 5.69 Å². The third-order valence-electron chi connectivity index (χ3n) is 3.77. The van der Waals surface area contributed by atoms with Gasteiger partial charge in [-0.2, -0.15) is 0 Å². The van der Waals surface area contributed by atoms with Gasteiger partial charge in [-0.05, 0) is 37.2 Å². The van der Waals surface area contributed by atoms with E-state index < -0.39 is 0 Å². The quantitative estimate of drug-likeness (QED) is 0.656. The summed E-state index contributed by atoms with van der Waals surface area (Å²) in [5.41, 5.74) is 8.38. The summed E-state index contributed by atoms with van der Waals surface area (Å²) in [4.78, 5) is 2.16. The first kappa shape index (κ1) is 13.9. The Morgan fingerprint density at radius 1 is 1.48 bits per heavy atom. The number of nitrogen functional groups attached to an aromatic ring is 1. The van der Waals surface area contributed by atoms with Crippen molar-refractivity contribution in [3.8, 4) is 11.3 Å². The smallest absolute Gasteiger partial charge is 0.169 e. The number of benzene rings is 1. The van der Waals surface area contributed by atoms with E-state index >= 15 is 0 Å². The molecule has 0 unspecified atom stereocenters. The fraction of sp³-hybridized carbons (Fsp3) is 0.333. The number of thiocarbonyl (C=S) groups is 1. The van der Waals surface area contributed by atoms with Crippen molar-refractivity contribution in [3.63, 3.8) is 0 Å². The van der Waals surface area contributed by atoms with E-state index in [0.29, 0.717) is 5.69 Å². The number of rotatable bonds is 2. The largest absolute Gasteiger partial charge is 0.399 e. The minimum Gasteiger partial charge on any atom is -0.399 e. The van der Waals surface area contributed by atoms with Crippen LogP contribution in [-0.2, 0) is 0 Å². The Morgan fingerprint density at radius 3 is 3.10 bits per heavy atom. The Morgan fingerprint density at radius 2 is 2.33 bits per heavy atom. The molecular weight excluding hydrogens is 284 g/mol. The first-order valence-corrected chi connectivity index (χ1v) is 7.41. The second-order valence-electron chi connectivity index (χ2n) is 5.15. The van der Waals surface area contributed by atoms with Crippen LogP contribution in [0.2, 0.25) is 0 Å². The van der Waals surface area contributed by atoms with Crippen LogP contribution >= 0.6 is 12.2 Å². The second kappa shape index (κ2) is 5.73. The predicted octanol–water partition coefficient (Wildman–Crippen LogP) is 2.57.